The Labute approximate surface area is 149 Å². The van der Waals surface area contributed by atoms with Crippen LogP contribution in [-0.4, -0.2) is 46.0 Å². The Morgan fingerprint density at radius 3 is 1.35 bits per heavy atom. The molecular weight excluding hydrogens is 282 g/mol. The van der Waals surface area contributed by atoms with E-state index in [1.165, 1.54) is 70.6 Å². The summed E-state index contributed by atoms with van der Waals surface area (Å²) in [4.78, 5) is 17.1. The van der Waals surface area contributed by atoms with Crippen molar-refractivity contribution in [3.05, 3.63) is 0 Å². The van der Waals surface area contributed by atoms with E-state index < -0.39 is 8.60 Å². The maximum atomic E-state index is 8.54. The van der Waals surface area contributed by atoms with Gasteiger partial charge in [0.05, 0.1) is 6.61 Å². The zero-order valence-corrected chi connectivity index (χ0v) is 13.5. The van der Waals surface area contributed by atoms with Crippen LogP contribution >= 0.6 is 8.60 Å². The van der Waals surface area contributed by atoms with Gasteiger partial charge in [-0.2, -0.15) is 0 Å². The van der Waals surface area contributed by atoms with Crippen molar-refractivity contribution in [3.63, 3.8) is 0 Å². The third-order valence-electron chi connectivity index (χ3n) is 3.45. The van der Waals surface area contributed by atoms with Gasteiger partial charge in [-0.15, -0.1) is 0 Å². The Balaban J connectivity index is 0. The van der Waals surface area contributed by atoms with Crippen molar-refractivity contribution >= 4 is 38.2 Å². The molecule has 0 aromatic rings. The van der Waals surface area contributed by atoms with Crippen molar-refractivity contribution in [1.29, 1.82) is 0 Å². The Hall–Kier alpha value is 1.31. The van der Waals surface area contributed by atoms with Crippen LogP contribution in [0.2, 0.25) is 0 Å². The molecular formula is C15H34NaO3P. The molecule has 0 atom stereocenters. The monoisotopic (exact) mass is 316 g/mol. The van der Waals surface area contributed by atoms with Crippen LogP contribution in [0, 0.1) is 0 Å². The summed E-state index contributed by atoms with van der Waals surface area (Å²) < 4.78 is 4.72. The van der Waals surface area contributed by atoms with E-state index in [1.54, 1.807) is 0 Å². The van der Waals surface area contributed by atoms with Crippen molar-refractivity contribution in [3.8, 4) is 0 Å². The summed E-state index contributed by atoms with van der Waals surface area (Å²) in [5.41, 5.74) is 0. The second-order valence-corrected chi connectivity index (χ2v) is 6.09. The van der Waals surface area contributed by atoms with Gasteiger partial charge < -0.3 is 14.3 Å². The topological polar surface area (TPSA) is 49.7 Å². The van der Waals surface area contributed by atoms with Crippen LogP contribution in [0.4, 0.5) is 0 Å². The standard InChI is InChI=1S/C15H33O3P.Na.H/c1-2-3-4-5-6-7-8-9-10-11-12-13-14-15-18-19(16)17;;/h16-17H,2-15H2,1H3;;. The Morgan fingerprint density at radius 2 is 1.00 bits per heavy atom. The van der Waals surface area contributed by atoms with Gasteiger partial charge in [0.1, 0.15) is 0 Å². The van der Waals surface area contributed by atoms with Crippen molar-refractivity contribution < 1.29 is 14.3 Å². The van der Waals surface area contributed by atoms with Gasteiger partial charge in [-0.3, -0.25) is 0 Å². The minimum absolute atomic E-state index is 0. The maximum absolute atomic E-state index is 8.54. The molecule has 0 aromatic carbocycles. The van der Waals surface area contributed by atoms with Crippen molar-refractivity contribution in [1.82, 2.24) is 0 Å². The summed E-state index contributed by atoms with van der Waals surface area (Å²) in [5, 5.41) is 0. The third-order valence-corrected chi connectivity index (χ3v) is 3.87. The summed E-state index contributed by atoms with van der Waals surface area (Å²) in [6.07, 6.45) is 17.2. The third kappa shape index (κ3) is 21.6. The summed E-state index contributed by atoms with van der Waals surface area (Å²) in [6, 6.07) is 0. The molecule has 5 heteroatoms. The van der Waals surface area contributed by atoms with Crippen LogP contribution in [0.15, 0.2) is 0 Å². The fourth-order valence-corrected chi connectivity index (χ4v) is 2.56. The first-order chi connectivity index (χ1) is 9.27. The van der Waals surface area contributed by atoms with Gasteiger partial charge in [0, 0.05) is 0 Å². The minimum atomic E-state index is -2.14. The summed E-state index contributed by atoms with van der Waals surface area (Å²) >= 11 is 0. The van der Waals surface area contributed by atoms with Crippen LogP contribution in [-0.2, 0) is 4.52 Å². The Kier molecular flexibility index (Phi) is 23.9. The summed E-state index contributed by atoms with van der Waals surface area (Å²) in [6.45, 7) is 2.75. The molecule has 0 fully saturated rings. The number of unbranched alkanes of at least 4 members (excludes halogenated alkanes) is 12. The molecule has 2 N–H and O–H groups in total. The van der Waals surface area contributed by atoms with Crippen LogP contribution in [0.5, 0.6) is 0 Å². The van der Waals surface area contributed by atoms with Crippen LogP contribution in [0.1, 0.15) is 90.4 Å². The fourth-order valence-electron chi connectivity index (χ4n) is 2.27. The van der Waals surface area contributed by atoms with Crippen LogP contribution in [0.25, 0.3) is 0 Å². The first-order valence-electron chi connectivity index (χ1n) is 8.08. The van der Waals surface area contributed by atoms with Gasteiger partial charge in [-0.05, 0) is 6.42 Å². The van der Waals surface area contributed by atoms with Gasteiger partial charge in [-0.1, -0.05) is 84.0 Å². The number of hydrogen-bond donors (Lipinski definition) is 2. The van der Waals surface area contributed by atoms with Gasteiger partial charge in [0.15, 0.2) is 0 Å². The molecule has 0 spiro atoms. The second-order valence-electron chi connectivity index (χ2n) is 5.33. The molecule has 0 aliphatic rings. The number of rotatable bonds is 15. The van der Waals surface area contributed by atoms with E-state index >= 15 is 0 Å². The van der Waals surface area contributed by atoms with Gasteiger partial charge in [0.25, 0.3) is 0 Å². The molecule has 0 aliphatic heterocycles. The van der Waals surface area contributed by atoms with E-state index in [4.69, 9.17) is 14.3 Å². The quantitative estimate of drug-likeness (QED) is 0.262. The molecule has 0 bridgehead atoms. The zero-order chi connectivity index (χ0) is 14.2. The van der Waals surface area contributed by atoms with Crippen LogP contribution in [0.3, 0.4) is 0 Å². The van der Waals surface area contributed by atoms with Crippen molar-refractivity contribution in [2.75, 3.05) is 6.61 Å². The first kappa shape index (κ1) is 23.6. The second kappa shape index (κ2) is 20.3. The van der Waals surface area contributed by atoms with Gasteiger partial charge in [-0.25, -0.2) is 0 Å². The van der Waals surface area contributed by atoms with Crippen molar-refractivity contribution in [2.45, 2.75) is 90.4 Å². The van der Waals surface area contributed by atoms with Gasteiger partial charge in [0.2, 0.25) is 0 Å². The molecule has 0 aromatic heterocycles. The van der Waals surface area contributed by atoms with E-state index in [1.807, 2.05) is 0 Å². The van der Waals surface area contributed by atoms with E-state index in [0.29, 0.717) is 6.61 Å². The first-order valence-corrected chi connectivity index (χ1v) is 9.24. The van der Waals surface area contributed by atoms with Gasteiger partial charge >= 0.3 is 38.2 Å². The predicted molar refractivity (Wildman–Crippen MR) is 90.2 cm³/mol. The fraction of sp³-hybridized carbons (Fsp3) is 1.00. The van der Waals surface area contributed by atoms with E-state index in [9.17, 15) is 0 Å². The van der Waals surface area contributed by atoms with Crippen LogP contribution < -0.4 is 0 Å². The molecule has 0 amide bonds. The zero-order valence-electron chi connectivity index (χ0n) is 12.6. The molecule has 0 radical (unpaired) electrons. The summed E-state index contributed by atoms with van der Waals surface area (Å²) in [7, 11) is -2.14. The Morgan fingerprint density at radius 1 is 0.650 bits per heavy atom. The van der Waals surface area contributed by atoms with E-state index in [-0.39, 0.29) is 29.6 Å². The molecule has 0 saturated heterocycles. The normalized spacial score (nSPS) is 10.8. The number of hydrogen-bond acceptors (Lipinski definition) is 3. The molecule has 20 heavy (non-hydrogen) atoms. The molecule has 0 saturated carbocycles. The van der Waals surface area contributed by atoms with E-state index in [2.05, 4.69) is 6.92 Å². The average molecular weight is 316 g/mol. The molecule has 0 unspecified atom stereocenters. The molecule has 0 heterocycles. The molecule has 118 valence electrons. The SMILES string of the molecule is CCCCCCCCCCCCCCCOP(O)O.[NaH]. The molecule has 0 rings (SSSR count). The summed E-state index contributed by atoms with van der Waals surface area (Å²) in [5.74, 6) is 0. The molecule has 0 aliphatic carbocycles. The average Bonchev–Trinajstić information content (AvgIpc) is 2.39. The van der Waals surface area contributed by atoms with E-state index in [0.717, 1.165) is 12.8 Å². The predicted octanol–water partition coefficient (Wildman–Crippen LogP) is 4.66. The Bertz CT molecular complexity index is 171. The molecule has 3 nitrogen and oxygen atoms in total. The van der Waals surface area contributed by atoms with Crippen molar-refractivity contribution in [2.24, 2.45) is 0 Å².